The van der Waals surface area contributed by atoms with Crippen molar-refractivity contribution in [3.63, 3.8) is 0 Å². The molecule has 2 rings (SSSR count). The molecule has 1 saturated carbocycles. The van der Waals surface area contributed by atoms with Crippen LogP contribution in [0.15, 0.2) is 11.0 Å². The Morgan fingerprint density at radius 2 is 2.00 bits per heavy atom. The third-order valence-corrected chi connectivity index (χ3v) is 4.05. The van der Waals surface area contributed by atoms with Crippen LogP contribution in [-0.2, 0) is 6.54 Å². The van der Waals surface area contributed by atoms with Gasteiger partial charge in [-0.3, -0.25) is 4.79 Å². The van der Waals surface area contributed by atoms with E-state index in [1.807, 2.05) is 0 Å². The van der Waals surface area contributed by atoms with Gasteiger partial charge in [-0.25, -0.2) is 4.68 Å². The summed E-state index contributed by atoms with van der Waals surface area (Å²) in [7, 11) is 0. The highest BCUT2D eigenvalue weighted by molar-refractivity contribution is 6.32. The summed E-state index contributed by atoms with van der Waals surface area (Å²) in [5.41, 5.74) is -0.622. The Bertz CT molecular complexity index is 551. The van der Waals surface area contributed by atoms with E-state index in [-0.39, 0.29) is 11.1 Å². The van der Waals surface area contributed by atoms with E-state index in [0.29, 0.717) is 16.3 Å². The summed E-state index contributed by atoms with van der Waals surface area (Å²) >= 11 is 5.87. The molecule has 0 atom stereocenters. The Morgan fingerprint density at radius 1 is 1.38 bits per heavy atom. The molecular formula is C13H17ClF3N3O. The molecule has 1 aliphatic carbocycles. The highest BCUT2D eigenvalue weighted by Gasteiger charge is 2.30. The predicted molar refractivity (Wildman–Crippen MR) is 74.6 cm³/mol. The van der Waals surface area contributed by atoms with E-state index in [1.165, 1.54) is 6.20 Å². The topological polar surface area (TPSA) is 46.9 Å². The molecule has 1 heterocycles. The molecule has 21 heavy (non-hydrogen) atoms. The molecule has 1 aromatic rings. The SMILES string of the molecule is CC1CCC(Nc2cnn(CC(F)(F)F)c(=O)c2Cl)CC1. The summed E-state index contributed by atoms with van der Waals surface area (Å²) < 4.78 is 37.2. The quantitative estimate of drug-likeness (QED) is 0.926. The number of anilines is 1. The second kappa shape index (κ2) is 6.25. The van der Waals surface area contributed by atoms with Crippen LogP contribution in [-0.4, -0.2) is 22.0 Å². The minimum atomic E-state index is -4.51. The van der Waals surface area contributed by atoms with Gasteiger partial charge in [0.2, 0.25) is 0 Å². The maximum Gasteiger partial charge on any atom is 0.408 e. The molecule has 0 aromatic carbocycles. The van der Waals surface area contributed by atoms with Crippen molar-refractivity contribution >= 4 is 17.3 Å². The van der Waals surface area contributed by atoms with Crippen LogP contribution in [0.25, 0.3) is 0 Å². The highest BCUT2D eigenvalue weighted by atomic mass is 35.5. The van der Waals surface area contributed by atoms with Gasteiger partial charge in [0.15, 0.2) is 0 Å². The third-order valence-electron chi connectivity index (χ3n) is 3.69. The van der Waals surface area contributed by atoms with Crippen LogP contribution >= 0.6 is 11.6 Å². The molecule has 0 aliphatic heterocycles. The van der Waals surface area contributed by atoms with Crippen molar-refractivity contribution in [1.29, 1.82) is 0 Å². The number of halogens is 4. The first kappa shape index (κ1) is 16.1. The van der Waals surface area contributed by atoms with Crippen LogP contribution in [0.5, 0.6) is 0 Å². The van der Waals surface area contributed by atoms with Gasteiger partial charge in [-0.15, -0.1) is 0 Å². The van der Waals surface area contributed by atoms with Crippen LogP contribution in [0, 0.1) is 5.92 Å². The summed E-state index contributed by atoms with van der Waals surface area (Å²) in [5, 5.41) is 6.41. The van der Waals surface area contributed by atoms with Crippen molar-refractivity contribution in [2.75, 3.05) is 5.32 Å². The highest BCUT2D eigenvalue weighted by Crippen LogP contribution is 2.27. The van der Waals surface area contributed by atoms with Crippen molar-refractivity contribution < 1.29 is 13.2 Å². The van der Waals surface area contributed by atoms with Gasteiger partial charge in [0.1, 0.15) is 11.6 Å². The molecule has 0 spiro atoms. The van der Waals surface area contributed by atoms with Crippen LogP contribution in [0.1, 0.15) is 32.6 Å². The van der Waals surface area contributed by atoms with E-state index in [0.717, 1.165) is 25.7 Å². The summed E-state index contributed by atoms with van der Waals surface area (Å²) in [6.07, 6.45) is 0.732. The van der Waals surface area contributed by atoms with Gasteiger partial charge in [0.25, 0.3) is 5.56 Å². The Morgan fingerprint density at radius 3 is 2.57 bits per heavy atom. The monoisotopic (exact) mass is 323 g/mol. The first-order valence-corrected chi connectivity index (χ1v) is 7.23. The van der Waals surface area contributed by atoms with Gasteiger partial charge < -0.3 is 5.32 Å². The molecule has 4 nitrogen and oxygen atoms in total. The van der Waals surface area contributed by atoms with Crippen LogP contribution in [0.3, 0.4) is 0 Å². The van der Waals surface area contributed by atoms with Gasteiger partial charge in [-0.2, -0.15) is 18.3 Å². The molecule has 1 aromatic heterocycles. The summed E-state index contributed by atoms with van der Waals surface area (Å²) in [6, 6.07) is 0.179. The minimum absolute atomic E-state index is 0.179. The zero-order valence-corrected chi connectivity index (χ0v) is 12.3. The van der Waals surface area contributed by atoms with Crippen LogP contribution in [0.2, 0.25) is 5.02 Å². The lowest BCUT2D eigenvalue weighted by molar-refractivity contribution is -0.143. The number of nitrogens with zero attached hydrogens (tertiary/aromatic N) is 2. The van der Waals surface area contributed by atoms with E-state index in [1.54, 1.807) is 0 Å². The third kappa shape index (κ3) is 4.36. The summed E-state index contributed by atoms with van der Waals surface area (Å²) in [5.74, 6) is 0.677. The first-order valence-electron chi connectivity index (χ1n) is 6.85. The van der Waals surface area contributed by atoms with Crippen LogP contribution < -0.4 is 10.9 Å². The van der Waals surface area contributed by atoms with E-state index in [4.69, 9.17) is 11.6 Å². The van der Waals surface area contributed by atoms with Crippen LogP contribution in [0.4, 0.5) is 18.9 Å². The fraction of sp³-hybridized carbons (Fsp3) is 0.692. The zero-order chi connectivity index (χ0) is 15.6. The maximum atomic E-state index is 12.3. The number of alkyl halides is 3. The second-order valence-electron chi connectivity index (χ2n) is 5.55. The molecule has 8 heteroatoms. The first-order chi connectivity index (χ1) is 9.76. The Labute approximate surface area is 125 Å². The smallest absolute Gasteiger partial charge is 0.380 e. The molecule has 1 fully saturated rings. The molecule has 0 radical (unpaired) electrons. The molecular weight excluding hydrogens is 307 g/mol. The van der Waals surface area contributed by atoms with Crippen molar-refractivity contribution in [2.24, 2.45) is 5.92 Å². The van der Waals surface area contributed by atoms with Gasteiger partial charge in [0, 0.05) is 6.04 Å². The molecule has 1 N–H and O–H groups in total. The molecule has 0 unspecified atom stereocenters. The molecule has 0 bridgehead atoms. The van der Waals surface area contributed by atoms with E-state index < -0.39 is 18.3 Å². The Hall–Kier alpha value is -1.24. The molecule has 0 saturated heterocycles. The van der Waals surface area contributed by atoms with Crippen molar-refractivity contribution in [3.05, 3.63) is 21.6 Å². The lowest BCUT2D eigenvalue weighted by Gasteiger charge is -2.27. The van der Waals surface area contributed by atoms with Crippen molar-refractivity contribution in [2.45, 2.75) is 51.4 Å². The largest absolute Gasteiger partial charge is 0.408 e. The van der Waals surface area contributed by atoms with Crippen molar-refractivity contribution in [3.8, 4) is 0 Å². The maximum absolute atomic E-state index is 12.3. The minimum Gasteiger partial charge on any atom is -0.380 e. The number of nitrogens with one attached hydrogen (secondary N) is 1. The van der Waals surface area contributed by atoms with E-state index in [9.17, 15) is 18.0 Å². The van der Waals surface area contributed by atoms with Crippen molar-refractivity contribution in [1.82, 2.24) is 9.78 Å². The zero-order valence-electron chi connectivity index (χ0n) is 11.6. The Balaban J connectivity index is 2.12. The number of rotatable bonds is 3. The average Bonchev–Trinajstić information content (AvgIpc) is 2.39. The summed E-state index contributed by atoms with van der Waals surface area (Å²) in [4.78, 5) is 11.8. The number of hydrogen-bond acceptors (Lipinski definition) is 3. The van der Waals surface area contributed by atoms with E-state index in [2.05, 4.69) is 17.3 Å². The lowest BCUT2D eigenvalue weighted by Crippen LogP contribution is -2.32. The predicted octanol–water partition coefficient (Wildman–Crippen LogP) is 3.45. The van der Waals surface area contributed by atoms with Gasteiger partial charge >= 0.3 is 6.18 Å². The standard InChI is InChI=1S/C13H17ClF3N3O/c1-8-2-4-9(5-3-8)19-10-6-18-20(7-13(15,16)17)12(21)11(10)14/h6,8-9,19H,2-5,7H2,1H3. The molecule has 0 amide bonds. The van der Waals surface area contributed by atoms with Gasteiger partial charge in [-0.1, -0.05) is 18.5 Å². The van der Waals surface area contributed by atoms with Gasteiger partial charge in [-0.05, 0) is 31.6 Å². The molecule has 1 aliphatic rings. The normalized spacial score (nSPS) is 23.1. The lowest BCUT2D eigenvalue weighted by atomic mass is 9.87. The Kier molecular flexibility index (Phi) is 4.81. The fourth-order valence-corrected chi connectivity index (χ4v) is 2.67. The summed E-state index contributed by atoms with van der Waals surface area (Å²) in [6.45, 7) is 0.746. The molecule has 118 valence electrons. The average molecular weight is 324 g/mol. The fourth-order valence-electron chi connectivity index (χ4n) is 2.47. The number of aromatic nitrogens is 2. The van der Waals surface area contributed by atoms with Gasteiger partial charge in [0.05, 0.1) is 11.9 Å². The second-order valence-corrected chi connectivity index (χ2v) is 5.93. The number of hydrogen-bond donors (Lipinski definition) is 1. The van der Waals surface area contributed by atoms with E-state index >= 15 is 0 Å².